The number of thiazole rings is 1. The molecule has 0 aliphatic rings. The first-order chi connectivity index (χ1) is 6.77. The van der Waals surface area contributed by atoms with Gasteiger partial charge in [-0.25, -0.2) is 4.98 Å². The Hall–Kier alpha value is -0.450. The van der Waals surface area contributed by atoms with Gasteiger partial charge in [-0.15, -0.1) is 11.3 Å². The van der Waals surface area contributed by atoms with Gasteiger partial charge in [-0.1, -0.05) is 6.92 Å². The summed E-state index contributed by atoms with van der Waals surface area (Å²) in [7, 11) is 1.74. The summed E-state index contributed by atoms with van der Waals surface area (Å²) in [6.07, 6.45) is 1.09. The van der Waals surface area contributed by atoms with Crippen LogP contribution in [0.5, 0.6) is 0 Å². The number of hydrogen-bond donors (Lipinski definition) is 1. The third-order valence-corrected chi connectivity index (χ3v) is 3.19. The van der Waals surface area contributed by atoms with E-state index < -0.39 is 0 Å². The van der Waals surface area contributed by atoms with E-state index in [9.17, 15) is 0 Å². The van der Waals surface area contributed by atoms with Gasteiger partial charge in [0.05, 0.1) is 17.8 Å². The molecule has 0 aliphatic heterocycles. The SMILES string of the molecule is CC[C@H](COC)NCc1scnc1C. The molecule has 0 fully saturated rings. The van der Waals surface area contributed by atoms with Crippen molar-refractivity contribution in [3.8, 4) is 0 Å². The van der Waals surface area contributed by atoms with Crippen LogP contribution < -0.4 is 5.32 Å². The molecule has 1 atom stereocenters. The molecule has 0 aliphatic carbocycles. The predicted molar refractivity (Wildman–Crippen MR) is 59.6 cm³/mol. The Morgan fingerprint density at radius 1 is 1.64 bits per heavy atom. The van der Waals surface area contributed by atoms with E-state index in [4.69, 9.17) is 4.74 Å². The zero-order valence-electron chi connectivity index (χ0n) is 9.04. The summed E-state index contributed by atoms with van der Waals surface area (Å²) in [5.74, 6) is 0. The van der Waals surface area contributed by atoms with Gasteiger partial charge in [-0.2, -0.15) is 0 Å². The molecular formula is C10H18N2OS. The van der Waals surface area contributed by atoms with E-state index in [1.807, 2.05) is 12.4 Å². The largest absolute Gasteiger partial charge is 0.383 e. The lowest BCUT2D eigenvalue weighted by Crippen LogP contribution is -2.31. The number of nitrogens with zero attached hydrogens (tertiary/aromatic N) is 1. The van der Waals surface area contributed by atoms with E-state index in [1.54, 1.807) is 18.4 Å². The number of aryl methyl sites for hydroxylation is 1. The maximum atomic E-state index is 5.12. The molecule has 1 aromatic heterocycles. The molecule has 0 spiro atoms. The fraction of sp³-hybridized carbons (Fsp3) is 0.700. The molecule has 1 aromatic rings. The van der Waals surface area contributed by atoms with Crippen LogP contribution in [-0.2, 0) is 11.3 Å². The van der Waals surface area contributed by atoms with Crippen molar-refractivity contribution in [3.05, 3.63) is 16.1 Å². The number of nitrogens with one attached hydrogen (secondary N) is 1. The average Bonchev–Trinajstić information content (AvgIpc) is 2.59. The Labute approximate surface area is 89.5 Å². The molecule has 14 heavy (non-hydrogen) atoms. The number of methoxy groups -OCH3 is 1. The first-order valence-corrected chi connectivity index (χ1v) is 5.77. The van der Waals surface area contributed by atoms with Crippen molar-refractivity contribution in [1.82, 2.24) is 10.3 Å². The summed E-state index contributed by atoms with van der Waals surface area (Å²) in [6.45, 7) is 5.88. The van der Waals surface area contributed by atoms with Crippen LogP contribution in [0.4, 0.5) is 0 Å². The molecule has 0 aromatic carbocycles. The molecule has 0 amide bonds. The highest BCUT2D eigenvalue weighted by Gasteiger charge is 2.06. The molecule has 0 saturated carbocycles. The topological polar surface area (TPSA) is 34.1 Å². The molecule has 80 valence electrons. The van der Waals surface area contributed by atoms with E-state index in [-0.39, 0.29) is 0 Å². The minimum absolute atomic E-state index is 0.446. The van der Waals surface area contributed by atoms with Crippen molar-refractivity contribution in [3.63, 3.8) is 0 Å². The van der Waals surface area contributed by atoms with Crippen molar-refractivity contribution < 1.29 is 4.74 Å². The van der Waals surface area contributed by atoms with Crippen LogP contribution in [0.1, 0.15) is 23.9 Å². The van der Waals surface area contributed by atoms with Crippen LogP contribution in [0.3, 0.4) is 0 Å². The summed E-state index contributed by atoms with van der Waals surface area (Å²) in [4.78, 5) is 5.53. The quantitative estimate of drug-likeness (QED) is 0.786. The smallest absolute Gasteiger partial charge is 0.0798 e. The second-order valence-electron chi connectivity index (χ2n) is 3.30. The van der Waals surface area contributed by atoms with E-state index in [1.165, 1.54) is 4.88 Å². The first kappa shape index (κ1) is 11.6. The normalized spacial score (nSPS) is 13.1. The third kappa shape index (κ3) is 3.36. The predicted octanol–water partition coefficient (Wildman–Crippen LogP) is 1.97. The molecule has 0 radical (unpaired) electrons. The fourth-order valence-corrected chi connectivity index (χ4v) is 1.98. The van der Waals surface area contributed by atoms with E-state index in [0.717, 1.165) is 25.3 Å². The number of rotatable bonds is 6. The minimum Gasteiger partial charge on any atom is -0.383 e. The Kier molecular flexibility index (Phi) is 5.07. The molecule has 1 N–H and O–H groups in total. The van der Waals surface area contributed by atoms with Crippen molar-refractivity contribution in [2.45, 2.75) is 32.9 Å². The van der Waals surface area contributed by atoms with Crippen molar-refractivity contribution in [1.29, 1.82) is 0 Å². The standard InChI is InChI=1S/C10H18N2OS/c1-4-9(6-13-3)11-5-10-8(2)12-7-14-10/h7,9,11H,4-6H2,1-3H3/t9-/m1/s1. The lowest BCUT2D eigenvalue weighted by atomic mass is 10.2. The molecule has 4 heteroatoms. The highest BCUT2D eigenvalue weighted by atomic mass is 32.1. The van der Waals surface area contributed by atoms with Crippen LogP contribution >= 0.6 is 11.3 Å². The Bertz CT molecular complexity index is 262. The summed E-state index contributed by atoms with van der Waals surface area (Å²) in [5.41, 5.74) is 3.03. The molecular weight excluding hydrogens is 196 g/mol. The zero-order chi connectivity index (χ0) is 10.4. The molecule has 1 heterocycles. The molecule has 1 rings (SSSR count). The second kappa shape index (κ2) is 6.11. The second-order valence-corrected chi connectivity index (χ2v) is 4.24. The molecule has 0 unspecified atom stereocenters. The average molecular weight is 214 g/mol. The third-order valence-electron chi connectivity index (χ3n) is 2.26. The maximum Gasteiger partial charge on any atom is 0.0798 e. The highest BCUT2D eigenvalue weighted by Crippen LogP contribution is 2.11. The van der Waals surface area contributed by atoms with Crippen molar-refractivity contribution in [2.24, 2.45) is 0 Å². The molecule has 0 saturated heterocycles. The van der Waals surface area contributed by atoms with Gasteiger partial charge >= 0.3 is 0 Å². The minimum atomic E-state index is 0.446. The van der Waals surface area contributed by atoms with Crippen LogP contribution in [-0.4, -0.2) is 24.7 Å². The summed E-state index contributed by atoms with van der Waals surface area (Å²) in [5, 5.41) is 3.46. The lowest BCUT2D eigenvalue weighted by Gasteiger charge is -2.15. The maximum absolute atomic E-state index is 5.12. The van der Waals surface area contributed by atoms with Gasteiger partial charge in [-0.05, 0) is 13.3 Å². The number of hydrogen-bond acceptors (Lipinski definition) is 4. The van der Waals surface area contributed by atoms with Gasteiger partial charge in [0.1, 0.15) is 0 Å². The first-order valence-electron chi connectivity index (χ1n) is 4.89. The van der Waals surface area contributed by atoms with E-state index in [2.05, 4.69) is 17.2 Å². The Morgan fingerprint density at radius 3 is 2.93 bits per heavy atom. The Morgan fingerprint density at radius 2 is 2.43 bits per heavy atom. The van der Waals surface area contributed by atoms with Gasteiger partial charge in [-0.3, -0.25) is 0 Å². The monoisotopic (exact) mass is 214 g/mol. The zero-order valence-corrected chi connectivity index (χ0v) is 9.86. The van der Waals surface area contributed by atoms with Crippen molar-refractivity contribution >= 4 is 11.3 Å². The van der Waals surface area contributed by atoms with E-state index >= 15 is 0 Å². The van der Waals surface area contributed by atoms with Crippen LogP contribution in [0.2, 0.25) is 0 Å². The number of aromatic nitrogens is 1. The van der Waals surface area contributed by atoms with Gasteiger partial charge in [0.25, 0.3) is 0 Å². The molecule has 0 bridgehead atoms. The fourth-order valence-electron chi connectivity index (χ4n) is 1.26. The van der Waals surface area contributed by atoms with E-state index in [0.29, 0.717) is 6.04 Å². The summed E-state index contributed by atoms with van der Waals surface area (Å²) >= 11 is 1.71. The Balaban J connectivity index is 2.35. The van der Waals surface area contributed by atoms with Gasteiger partial charge in [0.2, 0.25) is 0 Å². The lowest BCUT2D eigenvalue weighted by molar-refractivity contribution is 0.164. The van der Waals surface area contributed by atoms with Crippen LogP contribution in [0, 0.1) is 6.92 Å². The van der Waals surface area contributed by atoms with Crippen LogP contribution in [0.15, 0.2) is 5.51 Å². The van der Waals surface area contributed by atoms with Gasteiger partial charge < -0.3 is 10.1 Å². The van der Waals surface area contributed by atoms with Crippen LogP contribution in [0.25, 0.3) is 0 Å². The van der Waals surface area contributed by atoms with Crippen molar-refractivity contribution in [2.75, 3.05) is 13.7 Å². The summed E-state index contributed by atoms with van der Waals surface area (Å²) < 4.78 is 5.12. The number of ether oxygens (including phenoxy) is 1. The molecule has 3 nitrogen and oxygen atoms in total. The summed E-state index contributed by atoms with van der Waals surface area (Å²) in [6, 6.07) is 0.446. The van der Waals surface area contributed by atoms with Gasteiger partial charge in [0, 0.05) is 24.6 Å². The van der Waals surface area contributed by atoms with Gasteiger partial charge in [0.15, 0.2) is 0 Å². The highest BCUT2D eigenvalue weighted by molar-refractivity contribution is 7.09.